The number of anilines is 1. The molecule has 1 aliphatic heterocycles. The Morgan fingerprint density at radius 3 is 2.31 bits per heavy atom. The number of nitrogens with zero attached hydrogens (tertiary/aromatic N) is 4. The molecule has 1 saturated heterocycles. The number of thioether (sulfide) groups is 1. The summed E-state index contributed by atoms with van der Waals surface area (Å²) in [7, 11) is -1.91. The molecular formula is C27H29N5O5S2. The molecule has 0 amide bonds. The number of tetrazole rings is 1. The number of aliphatic hydroxyl groups excluding tert-OH is 1. The predicted molar refractivity (Wildman–Crippen MR) is 146 cm³/mol. The number of hydrogen-bond acceptors (Lipinski definition) is 9. The molecule has 0 aliphatic carbocycles. The lowest BCUT2D eigenvalue weighted by molar-refractivity contribution is -0.268. The van der Waals surface area contributed by atoms with Crippen LogP contribution in [0.3, 0.4) is 0 Å². The van der Waals surface area contributed by atoms with E-state index in [1.807, 2.05) is 24.3 Å². The molecule has 10 nitrogen and oxygen atoms in total. The van der Waals surface area contributed by atoms with Crippen molar-refractivity contribution in [1.29, 1.82) is 0 Å². The Morgan fingerprint density at radius 2 is 1.67 bits per heavy atom. The summed E-state index contributed by atoms with van der Waals surface area (Å²) in [5, 5.41) is 21.8. The van der Waals surface area contributed by atoms with Crippen molar-refractivity contribution in [2.75, 3.05) is 10.5 Å². The molecule has 4 atom stereocenters. The van der Waals surface area contributed by atoms with Crippen LogP contribution in [0.4, 0.5) is 5.69 Å². The Kier molecular flexibility index (Phi) is 8.29. The summed E-state index contributed by atoms with van der Waals surface area (Å²) >= 11 is 1.51. The van der Waals surface area contributed by atoms with Gasteiger partial charge in [0.05, 0.1) is 23.7 Å². The van der Waals surface area contributed by atoms with Crippen LogP contribution >= 0.6 is 11.8 Å². The average Bonchev–Trinajstić information content (AvgIpc) is 3.37. The lowest BCUT2D eigenvalue weighted by Gasteiger charge is -2.41. The SMILES string of the molecule is C[C@H]1[C@@H](CSc2nnnn2C)O[C@@H](c2ccc(NS(=O)(=O)c3ccccc3)cc2)O[C@H]1c1ccc(CO)cc1. The molecule has 39 heavy (non-hydrogen) atoms. The van der Waals surface area contributed by atoms with E-state index in [9.17, 15) is 13.5 Å². The van der Waals surface area contributed by atoms with E-state index in [1.165, 1.54) is 11.8 Å². The van der Waals surface area contributed by atoms with E-state index in [0.717, 1.165) is 16.7 Å². The molecule has 12 heteroatoms. The number of aryl methyl sites for hydroxylation is 1. The maximum atomic E-state index is 12.7. The van der Waals surface area contributed by atoms with Crippen LogP contribution in [0.25, 0.3) is 0 Å². The van der Waals surface area contributed by atoms with E-state index in [0.29, 0.717) is 16.6 Å². The van der Waals surface area contributed by atoms with Gasteiger partial charge in [-0.1, -0.05) is 73.3 Å². The number of sulfonamides is 1. The van der Waals surface area contributed by atoms with Crippen LogP contribution in [-0.4, -0.2) is 45.6 Å². The van der Waals surface area contributed by atoms with Crippen LogP contribution in [0, 0.1) is 5.92 Å². The van der Waals surface area contributed by atoms with Crippen molar-refractivity contribution in [3.63, 3.8) is 0 Å². The number of benzene rings is 3. The van der Waals surface area contributed by atoms with Gasteiger partial charge in [-0.05, 0) is 45.8 Å². The number of aliphatic hydroxyl groups is 1. The molecule has 2 heterocycles. The highest BCUT2D eigenvalue weighted by atomic mass is 32.2. The van der Waals surface area contributed by atoms with Crippen molar-refractivity contribution in [2.24, 2.45) is 13.0 Å². The van der Waals surface area contributed by atoms with E-state index in [1.54, 1.807) is 66.3 Å². The highest BCUT2D eigenvalue weighted by Crippen LogP contribution is 2.43. The lowest BCUT2D eigenvalue weighted by Crippen LogP contribution is -2.38. The van der Waals surface area contributed by atoms with Crippen LogP contribution in [0.15, 0.2) is 88.9 Å². The normalized spacial score (nSPS) is 21.5. The first-order chi connectivity index (χ1) is 18.8. The third-order valence-electron chi connectivity index (χ3n) is 6.57. The predicted octanol–water partition coefficient (Wildman–Crippen LogP) is 4.09. The molecule has 1 aliphatic rings. The van der Waals surface area contributed by atoms with Crippen LogP contribution in [0.5, 0.6) is 0 Å². The van der Waals surface area contributed by atoms with E-state index in [4.69, 9.17) is 9.47 Å². The summed E-state index contributed by atoms with van der Waals surface area (Å²) in [6.07, 6.45) is -1.13. The Morgan fingerprint density at radius 1 is 0.974 bits per heavy atom. The topological polar surface area (TPSA) is 128 Å². The van der Waals surface area contributed by atoms with Gasteiger partial charge in [0.1, 0.15) is 0 Å². The Hall–Kier alpha value is -3.29. The van der Waals surface area contributed by atoms with Crippen LogP contribution in [0.1, 0.15) is 36.0 Å². The molecule has 1 aromatic heterocycles. The number of rotatable bonds is 9. The van der Waals surface area contributed by atoms with Gasteiger partial charge in [0.15, 0.2) is 6.29 Å². The van der Waals surface area contributed by atoms with Gasteiger partial charge in [-0.3, -0.25) is 4.72 Å². The van der Waals surface area contributed by atoms with Gasteiger partial charge in [0, 0.05) is 30.0 Å². The molecule has 0 bridgehead atoms. The van der Waals surface area contributed by atoms with Gasteiger partial charge in [-0.2, -0.15) is 0 Å². The molecule has 0 saturated carbocycles. The fourth-order valence-electron chi connectivity index (χ4n) is 4.33. The highest BCUT2D eigenvalue weighted by molar-refractivity contribution is 7.99. The summed E-state index contributed by atoms with van der Waals surface area (Å²) < 4.78 is 42.6. The molecule has 0 unspecified atom stereocenters. The third kappa shape index (κ3) is 6.31. The molecule has 2 N–H and O–H groups in total. The first kappa shape index (κ1) is 27.3. The second-order valence-corrected chi connectivity index (χ2v) is 11.9. The lowest BCUT2D eigenvalue weighted by atomic mass is 9.91. The minimum absolute atomic E-state index is 0.00636. The van der Waals surface area contributed by atoms with Crippen LogP contribution < -0.4 is 4.72 Å². The molecule has 1 fully saturated rings. The molecule has 204 valence electrons. The van der Waals surface area contributed by atoms with Crippen LogP contribution in [0.2, 0.25) is 0 Å². The Bertz CT molecular complexity index is 1480. The zero-order valence-electron chi connectivity index (χ0n) is 21.4. The van der Waals surface area contributed by atoms with Gasteiger partial charge in [-0.15, -0.1) is 5.10 Å². The minimum Gasteiger partial charge on any atom is -0.392 e. The maximum Gasteiger partial charge on any atom is 0.261 e. The van der Waals surface area contributed by atoms with Gasteiger partial charge in [0.2, 0.25) is 5.16 Å². The van der Waals surface area contributed by atoms with Crippen molar-refractivity contribution in [3.05, 3.63) is 95.6 Å². The molecular weight excluding hydrogens is 538 g/mol. The molecule has 5 rings (SSSR count). The van der Waals surface area contributed by atoms with Crippen molar-refractivity contribution < 1.29 is 23.0 Å². The summed E-state index contributed by atoms with van der Waals surface area (Å²) in [6, 6.07) is 22.9. The Balaban J connectivity index is 1.36. The molecule has 4 aromatic rings. The smallest absolute Gasteiger partial charge is 0.261 e. The van der Waals surface area contributed by atoms with Crippen molar-refractivity contribution in [2.45, 2.75) is 42.1 Å². The largest absolute Gasteiger partial charge is 0.392 e. The summed E-state index contributed by atoms with van der Waals surface area (Å²) in [5.41, 5.74) is 3.00. The summed E-state index contributed by atoms with van der Waals surface area (Å²) in [6.45, 7) is 2.06. The van der Waals surface area contributed by atoms with Crippen molar-refractivity contribution >= 4 is 27.5 Å². The second-order valence-electron chi connectivity index (χ2n) is 9.26. The fraction of sp³-hybridized carbons (Fsp3) is 0.296. The summed E-state index contributed by atoms with van der Waals surface area (Å²) in [4.78, 5) is 0.190. The first-order valence-corrected chi connectivity index (χ1v) is 14.8. The van der Waals surface area contributed by atoms with Gasteiger partial charge < -0.3 is 14.6 Å². The average molecular weight is 568 g/mol. The zero-order valence-corrected chi connectivity index (χ0v) is 23.0. The number of hydrogen-bond donors (Lipinski definition) is 2. The number of aromatic nitrogens is 4. The maximum absolute atomic E-state index is 12.7. The van der Waals surface area contributed by atoms with Crippen molar-refractivity contribution in [1.82, 2.24) is 20.2 Å². The summed E-state index contributed by atoms with van der Waals surface area (Å²) in [5.74, 6) is 0.613. The van der Waals surface area contributed by atoms with Gasteiger partial charge in [0.25, 0.3) is 10.0 Å². The quantitative estimate of drug-likeness (QED) is 0.287. The van der Waals surface area contributed by atoms with E-state index >= 15 is 0 Å². The minimum atomic E-state index is -3.70. The van der Waals surface area contributed by atoms with Crippen LogP contribution in [-0.2, 0) is 33.2 Å². The monoisotopic (exact) mass is 567 g/mol. The number of ether oxygens (including phenoxy) is 2. The molecule has 0 spiro atoms. The zero-order chi connectivity index (χ0) is 27.4. The van der Waals surface area contributed by atoms with Crippen molar-refractivity contribution in [3.8, 4) is 0 Å². The van der Waals surface area contributed by atoms with E-state index in [-0.39, 0.29) is 29.6 Å². The standard InChI is InChI=1S/C27H29N5O5S2/c1-18-24(17-38-27-28-30-31-32(27)2)36-26(37-25(18)20-10-8-19(16-33)9-11-20)21-12-14-22(15-13-21)29-39(34,35)23-6-4-3-5-7-23/h3-15,18,24-26,29,33H,16-17H2,1-2H3/t18-,24+,25+,26+/m0/s1. The molecule has 0 radical (unpaired) electrons. The highest BCUT2D eigenvalue weighted by Gasteiger charge is 2.38. The fourth-order valence-corrected chi connectivity index (χ4v) is 6.42. The third-order valence-corrected chi connectivity index (χ3v) is 9.07. The van der Waals surface area contributed by atoms with Gasteiger partial charge >= 0.3 is 0 Å². The second kappa shape index (κ2) is 11.8. The van der Waals surface area contributed by atoms with E-state index in [2.05, 4.69) is 27.2 Å². The van der Waals surface area contributed by atoms with E-state index < -0.39 is 16.3 Å². The molecule has 3 aromatic carbocycles. The number of nitrogens with one attached hydrogen (secondary N) is 1. The van der Waals surface area contributed by atoms with Gasteiger partial charge in [-0.25, -0.2) is 13.1 Å². The first-order valence-electron chi connectivity index (χ1n) is 12.4. The Labute approximate surface area is 231 Å².